The Labute approximate surface area is 103 Å². The zero-order chi connectivity index (χ0) is 12.8. The van der Waals surface area contributed by atoms with E-state index in [0.717, 1.165) is 5.56 Å². The Morgan fingerprint density at radius 2 is 2.24 bits per heavy atom. The molecular weight excluding hydrogens is 240 g/mol. The van der Waals surface area contributed by atoms with Crippen LogP contribution in [-0.2, 0) is 21.3 Å². The summed E-state index contributed by atoms with van der Waals surface area (Å²) < 4.78 is 16.9. The molecule has 1 unspecified atom stereocenters. The van der Waals surface area contributed by atoms with Gasteiger partial charge in [0.25, 0.3) is 0 Å². The number of hydrogen-bond donors (Lipinski definition) is 2. The number of nitrogens with two attached hydrogens (primary N) is 1. The van der Waals surface area contributed by atoms with Crippen LogP contribution in [0.4, 0.5) is 5.69 Å². The van der Waals surface area contributed by atoms with E-state index >= 15 is 0 Å². The van der Waals surface area contributed by atoms with Gasteiger partial charge in [0.05, 0.1) is 12.9 Å². The van der Waals surface area contributed by atoms with Crippen LogP contribution in [0.2, 0.25) is 0 Å². The summed E-state index contributed by atoms with van der Waals surface area (Å²) in [5.74, 6) is 0.617. The first-order chi connectivity index (χ1) is 8.06. The molecule has 94 valence electrons. The van der Waals surface area contributed by atoms with E-state index in [1.807, 2.05) is 0 Å². The zero-order valence-corrected chi connectivity index (χ0v) is 10.7. The van der Waals surface area contributed by atoms with Crippen molar-refractivity contribution in [2.75, 3.05) is 25.6 Å². The summed E-state index contributed by atoms with van der Waals surface area (Å²) in [6.45, 7) is 0. The first-order valence-electron chi connectivity index (χ1n) is 5.04. The number of ether oxygens (including phenoxy) is 1. The fourth-order valence-electron chi connectivity index (χ4n) is 1.35. The topological polar surface area (TPSA) is 81.4 Å². The molecule has 0 aliphatic rings. The molecule has 3 N–H and O–H groups in total. The van der Waals surface area contributed by atoms with E-state index in [2.05, 4.69) is 5.32 Å². The van der Waals surface area contributed by atoms with Gasteiger partial charge in [0, 0.05) is 29.1 Å². The van der Waals surface area contributed by atoms with Crippen LogP contribution >= 0.6 is 0 Å². The molecule has 1 amide bonds. The molecule has 0 saturated carbocycles. The molecule has 0 aromatic heterocycles. The summed E-state index contributed by atoms with van der Waals surface area (Å²) in [6, 6.07) is 5.15. The third-order valence-corrected chi connectivity index (χ3v) is 3.41. The number of carbonyl (C=O) groups is 1. The number of anilines is 1. The highest BCUT2D eigenvalue weighted by atomic mass is 32.2. The van der Waals surface area contributed by atoms with E-state index in [9.17, 15) is 9.00 Å². The first-order valence-corrected chi connectivity index (χ1v) is 6.53. The van der Waals surface area contributed by atoms with Crippen molar-refractivity contribution in [1.29, 1.82) is 0 Å². The van der Waals surface area contributed by atoms with E-state index in [0.29, 0.717) is 11.4 Å². The fourth-order valence-corrected chi connectivity index (χ4v) is 2.47. The average Bonchev–Trinajstić information content (AvgIpc) is 2.29. The number of hydrogen-bond acceptors (Lipinski definition) is 4. The Hall–Kier alpha value is -1.56. The Kier molecular flexibility index (Phi) is 4.96. The van der Waals surface area contributed by atoms with Crippen LogP contribution < -0.4 is 15.8 Å². The van der Waals surface area contributed by atoms with Crippen molar-refractivity contribution in [1.82, 2.24) is 5.32 Å². The van der Waals surface area contributed by atoms with Crippen molar-refractivity contribution in [3.05, 3.63) is 23.8 Å². The Balaban J connectivity index is 2.76. The summed E-state index contributed by atoms with van der Waals surface area (Å²) in [5, 5.41) is 2.43. The van der Waals surface area contributed by atoms with Crippen molar-refractivity contribution < 1.29 is 13.7 Å². The van der Waals surface area contributed by atoms with Crippen molar-refractivity contribution in [2.45, 2.75) is 5.75 Å². The van der Waals surface area contributed by atoms with Gasteiger partial charge < -0.3 is 15.8 Å². The first kappa shape index (κ1) is 13.5. The van der Waals surface area contributed by atoms with Gasteiger partial charge in [0.15, 0.2) is 0 Å². The maximum Gasteiger partial charge on any atom is 0.232 e. The predicted molar refractivity (Wildman–Crippen MR) is 68.2 cm³/mol. The molecule has 1 atom stereocenters. The van der Waals surface area contributed by atoms with E-state index in [-0.39, 0.29) is 17.4 Å². The van der Waals surface area contributed by atoms with Gasteiger partial charge in [-0.3, -0.25) is 9.00 Å². The minimum absolute atomic E-state index is 0.0194. The lowest BCUT2D eigenvalue weighted by atomic mass is 10.2. The maximum atomic E-state index is 11.7. The number of methoxy groups -OCH3 is 1. The summed E-state index contributed by atoms with van der Waals surface area (Å²) in [6.07, 6.45) is 0. The molecule has 17 heavy (non-hydrogen) atoms. The van der Waals surface area contributed by atoms with Gasteiger partial charge in [-0.15, -0.1) is 0 Å². The quantitative estimate of drug-likeness (QED) is 0.741. The van der Waals surface area contributed by atoms with E-state index in [1.54, 1.807) is 18.2 Å². The summed E-state index contributed by atoms with van der Waals surface area (Å²) in [7, 11) is 1.78. The Bertz CT molecular complexity index is 435. The molecule has 0 aliphatic carbocycles. The molecule has 1 aromatic carbocycles. The van der Waals surface area contributed by atoms with E-state index < -0.39 is 10.8 Å². The molecular formula is C11H16N2O3S. The van der Waals surface area contributed by atoms with Crippen molar-refractivity contribution in [3.63, 3.8) is 0 Å². The minimum Gasteiger partial charge on any atom is -0.496 e. The highest BCUT2D eigenvalue weighted by molar-refractivity contribution is 7.84. The normalized spacial score (nSPS) is 11.9. The molecule has 5 nitrogen and oxygen atoms in total. The number of rotatable bonds is 5. The van der Waals surface area contributed by atoms with Crippen molar-refractivity contribution in [3.8, 4) is 5.75 Å². The largest absolute Gasteiger partial charge is 0.496 e. The second kappa shape index (κ2) is 6.24. The summed E-state index contributed by atoms with van der Waals surface area (Å²) >= 11 is 0. The Morgan fingerprint density at radius 3 is 2.82 bits per heavy atom. The summed E-state index contributed by atoms with van der Waals surface area (Å²) in [5.41, 5.74) is 6.98. The number of carbonyl (C=O) groups excluding carboxylic acids is 1. The van der Waals surface area contributed by atoms with Crippen molar-refractivity contribution in [2.24, 2.45) is 0 Å². The lowest BCUT2D eigenvalue weighted by Gasteiger charge is -2.09. The molecule has 0 fully saturated rings. The zero-order valence-electron chi connectivity index (χ0n) is 9.86. The molecule has 6 heteroatoms. The maximum absolute atomic E-state index is 11.7. The molecule has 0 heterocycles. The smallest absolute Gasteiger partial charge is 0.232 e. The number of benzene rings is 1. The lowest BCUT2D eigenvalue weighted by molar-refractivity contribution is -0.118. The second-order valence-electron chi connectivity index (χ2n) is 3.47. The Morgan fingerprint density at radius 1 is 1.53 bits per heavy atom. The second-order valence-corrected chi connectivity index (χ2v) is 4.93. The van der Waals surface area contributed by atoms with Crippen LogP contribution in [0.15, 0.2) is 18.2 Å². The highest BCUT2D eigenvalue weighted by Gasteiger charge is 2.11. The standard InChI is InChI=1S/C11H16N2O3S/c1-13-11(14)7-17(15)6-8-5-9(12)3-4-10(8)16-2/h3-5H,6-7,12H2,1-2H3,(H,13,14). The molecule has 1 rings (SSSR count). The predicted octanol–water partition coefficient (Wildman–Crippen LogP) is 0.272. The van der Waals surface area contributed by atoms with Crippen molar-refractivity contribution >= 4 is 22.4 Å². The minimum atomic E-state index is -1.27. The van der Waals surface area contributed by atoms with Crippen LogP contribution in [0, 0.1) is 0 Å². The monoisotopic (exact) mass is 256 g/mol. The molecule has 0 bridgehead atoms. The van der Waals surface area contributed by atoms with E-state index in [4.69, 9.17) is 10.5 Å². The average molecular weight is 256 g/mol. The van der Waals surface area contributed by atoms with E-state index in [1.165, 1.54) is 14.2 Å². The third-order valence-electron chi connectivity index (χ3n) is 2.19. The van der Waals surface area contributed by atoms with Gasteiger partial charge in [-0.2, -0.15) is 0 Å². The fraction of sp³-hybridized carbons (Fsp3) is 0.364. The number of amides is 1. The van der Waals surface area contributed by atoms with Gasteiger partial charge >= 0.3 is 0 Å². The van der Waals surface area contributed by atoms with Crippen LogP contribution in [0.1, 0.15) is 5.56 Å². The molecule has 0 radical (unpaired) electrons. The molecule has 0 saturated heterocycles. The van der Waals surface area contributed by atoms with Gasteiger partial charge in [0.2, 0.25) is 5.91 Å². The van der Waals surface area contributed by atoms with Crippen LogP contribution in [-0.4, -0.2) is 30.0 Å². The van der Waals surface area contributed by atoms with Crippen LogP contribution in [0.3, 0.4) is 0 Å². The van der Waals surface area contributed by atoms with Gasteiger partial charge in [-0.25, -0.2) is 0 Å². The number of nitrogens with one attached hydrogen (secondary N) is 1. The SMILES string of the molecule is CNC(=O)CS(=O)Cc1cc(N)ccc1OC. The summed E-state index contributed by atoms with van der Waals surface area (Å²) in [4.78, 5) is 11.1. The molecule has 0 aliphatic heterocycles. The van der Waals surface area contributed by atoms with Crippen LogP contribution in [0.5, 0.6) is 5.75 Å². The number of nitrogen functional groups attached to an aromatic ring is 1. The third kappa shape index (κ3) is 4.07. The van der Waals surface area contributed by atoms with Gasteiger partial charge in [-0.05, 0) is 18.2 Å². The van der Waals surface area contributed by atoms with Gasteiger partial charge in [-0.1, -0.05) is 0 Å². The van der Waals surface area contributed by atoms with Gasteiger partial charge in [0.1, 0.15) is 11.5 Å². The lowest BCUT2D eigenvalue weighted by Crippen LogP contribution is -2.24. The van der Waals surface area contributed by atoms with Crippen LogP contribution in [0.25, 0.3) is 0 Å². The molecule has 1 aromatic rings. The molecule has 0 spiro atoms. The highest BCUT2D eigenvalue weighted by Crippen LogP contribution is 2.22.